The van der Waals surface area contributed by atoms with Crippen molar-refractivity contribution in [2.45, 2.75) is 32.7 Å². The Balaban J connectivity index is 2.24. The van der Waals surface area contributed by atoms with Crippen LogP contribution >= 0.6 is 0 Å². The van der Waals surface area contributed by atoms with Crippen molar-refractivity contribution in [1.29, 1.82) is 0 Å². The lowest BCUT2D eigenvalue weighted by Gasteiger charge is -2.23. The molecule has 1 heterocycles. The third-order valence-corrected chi connectivity index (χ3v) is 5.20. The van der Waals surface area contributed by atoms with E-state index in [-0.39, 0.29) is 24.5 Å². The maximum atomic E-state index is 13.3. The van der Waals surface area contributed by atoms with Gasteiger partial charge in [0.15, 0.2) is 5.43 Å². The molecule has 3 aromatic rings. The predicted octanol–water partition coefficient (Wildman–Crippen LogP) is 3.44. The molecule has 0 aliphatic rings. The van der Waals surface area contributed by atoms with Crippen LogP contribution in [0.15, 0.2) is 53.5 Å². The smallest absolute Gasteiger partial charge is 0.243 e. The van der Waals surface area contributed by atoms with E-state index >= 15 is 0 Å². The van der Waals surface area contributed by atoms with Crippen molar-refractivity contribution in [3.8, 4) is 16.9 Å². The second kappa shape index (κ2) is 9.59. The number of amides is 1. The molecule has 1 aromatic heterocycles. The number of benzene rings is 2. The number of hydrogen-bond donors (Lipinski definition) is 2. The third-order valence-electron chi connectivity index (χ3n) is 5.20. The first-order chi connectivity index (χ1) is 14.5. The molecule has 0 radical (unpaired) electrons. The Bertz CT molecular complexity index is 1090. The number of nitrogens with one attached hydrogen (secondary N) is 1. The molecular weight excluding hydrogens is 380 g/mol. The van der Waals surface area contributed by atoms with Crippen LogP contribution in [-0.4, -0.2) is 35.8 Å². The number of pyridine rings is 1. The summed E-state index contributed by atoms with van der Waals surface area (Å²) in [5.41, 5.74) is 2.97. The summed E-state index contributed by atoms with van der Waals surface area (Å²) in [5, 5.41) is 12.5. The largest absolute Gasteiger partial charge is 0.497 e. The van der Waals surface area contributed by atoms with E-state index < -0.39 is 6.04 Å². The lowest BCUT2D eigenvalue weighted by Crippen LogP contribution is -2.35. The number of aryl methyl sites for hydroxylation is 1. The van der Waals surface area contributed by atoms with Crippen molar-refractivity contribution < 1.29 is 14.6 Å². The molecular formula is C24H28N2O4. The highest BCUT2D eigenvalue weighted by Crippen LogP contribution is 2.27. The normalized spacial score (nSPS) is 12.0. The highest BCUT2D eigenvalue weighted by molar-refractivity contribution is 5.88. The van der Waals surface area contributed by atoms with Crippen LogP contribution in [0.4, 0.5) is 0 Å². The van der Waals surface area contributed by atoms with Crippen molar-refractivity contribution >= 4 is 16.8 Å². The Morgan fingerprint density at radius 2 is 1.93 bits per heavy atom. The van der Waals surface area contributed by atoms with Crippen LogP contribution in [-0.2, 0) is 4.79 Å². The molecule has 0 spiro atoms. The number of carbonyl (C=O) groups is 1. The molecule has 158 valence electrons. The standard InChI is InChI=1S/C24H28N2O4/c1-4-5-21(24(29)25-12-13-27)26-15-20(17-7-9-18(30-3)10-8-17)23(28)19-11-6-16(2)14-22(19)26/h6-11,14-15,21,27H,4-5,12-13H2,1-3H3,(H,25,29). The van der Waals surface area contributed by atoms with Gasteiger partial charge in [-0.2, -0.15) is 0 Å². The second-order valence-electron chi connectivity index (χ2n) is 7.35. The minimum atomic E-state index is -0.483. The molecule has 2 aromatic carbocycles. The van der Waals surface area contributed by atoms with Crippen LogP contribution in [0, 0.1) is 6.92 Å². The van der Waals surface area contributed by atoms with E-state index in [1.165, 1.54) is 0 Å². The number of aliphatic hydroxyl groups excluding tert-OH is 1. The van der Waals surface area contributed by atoms with E-state index in [9.17, 15) is 9.59 Å². The van der Waals surface area contributed by atoms with Gasteiger partial charge in [-0.3, -0.25) is 9.59 Å². The van der Waals surface area contributed by atoms with Crippen LogP contribution in [0.3, 0.4) is 0 Å². The first-order valence-electron chi connectivity index (χ1n) is 10.2. The Morgan fingerprint density at radius 1 is 1.20 bits per heavy atom. The van der Waals surface area contributed by atoms with Gasteiger partial charge in [-0.25, -0.2) is 0 Å². The first-order valence-corrected chi connectivity index (χ1v) is 10.2. The summed E-state index contributed by atoms with van der Waals surface area (Å²) in [5.74, 6) is 0.542. The molecule has 0 fully saturated rings. The molecule has 6 nitrogen and oxygen atoms in total. The predicted molar refractivity (Wildman–Crippen MR) is 119 cm³/mol. The average molecular weight is 408 g/mol. The lowest BCUT2D eigenvalue weighted by molar-refractivity contribution is -0.124. The number of rotatable bonds is 8. The van der Waals surface area contributed by atoms with Gasteiger partial charge in [0.1, 0.15) is 11.8 Å². The number of methoxy groups -OCH3 is 1. The molecule has 0 aliphatic heterocycles. The third kappa shape index (κ3) is 4.39. The Morgan fingerprint density at radius 3 is 2.57 bits per heavy atom. The zero-order valence-corrected chi connectivity index (χ0v) is 17.6. The summed E-state index contributed by atoms with van der Waals surface area (Å²) >= 11 is 0. The first kappa shape index (κ1) is 21.6. The summed E-state index contributed by atoms with van der Waals surface area (Å²) in [4.78, 5) is 26.2. The number of aromatic nitrogens is 1. The second-order valence-corrected chi connectivity index (χ2v) is 7.35. The summed E-state index contributed by atoms with van der Waals surface area (Å²) in [6.45, 7) is 4.06. The average Bonchev–Trinajstić information content (AvgIpc) is 2.76. The Kier molecular flexibility index (Phi) is 6.90. The molecule has 0 saturated heterocycles. The van der Waals surface area contributed by atoms with Crippen molar-refractivity contribution in [3.05, 3.63) is 64.4 Å². The van der Waals surface area contributed by atoms with Gasteiger partial charge in [0.2, 0.25) is 5.91 Å². The van der Waals surface area contributed by atoms with Crippen LogP contribution in [0.25, 0.3) is 22.0 Å². The number of aliphatic hydroxyl groups is 1. The summed E-state index contributed by atoms with van der Waals surface area (Å²) in [7, 11) is 1.60. The zero-order valence-electron chi connectivity index (χ0n) is 17.6. The van der Waals surface area contributed by atoms with Gasteiger partial charge in [-0.15, -0.1) is 0 Å². The number of carbonyl (C=O) groups excluding carboxylic acids is 1. The topological polar surface area (TPSA) is 80.6 Å². The van der Waals surface area contributed by atoms with Crippen molar-refractivity contribution in [1.82, 2.24) is 9.88 Å². The van der Waals surface area contributed by atoms with E-state index in [2.05, 4.69) is 5.32 Å². The zero-order chi connectivity index (χ0) is 21.7. The van der Waals surface area contributed by atoms with Crippen LogP contribution in [0.2, 0.25) is 0 Å². The van der Waals surface area contributed by atoms with E-state index in [0.717, 1.165) is 23.1 Å². The van der Waals surface area contributed by atoms with Gasteiger partial charge < -0.3 is 19.7 Å². The van der Waals surface area contributed by atoms with E-state index in [1.54, 1.807) is 13.3 Å². The molecule has 1 unspecified atom stereocenters. The fraction of sp³-hybridized carbons (Fsp3) is 0.333. The highest BCUT2D eigenvalue weighted by atomic mass is 16.5. The number of ether oxygens (including phenoxy) is 1. The van der Waals surface area contributed by atoms with Crippen LogP contribution in [0.1, 0.15) is 31.4 Å². The minimum Gasteiger partial charge on any atom is -0.497 e. The quantitative estimate of drug-likeness (QED) is 0.598. The highest BCUT2D eigenvalue weighted by Gasteiger charge is 2.22. The summed E-state index contributed by atoms with van der Waals surface area (Å²) < 4.78 is 7.13. The molecule has 0 bridgehead atoms. The number of fused-ring (bicyclic) bond motifs is 1. The molecule has 1 amide bonds. The molecule has 1 atom stereocenters. The minimum absolute atomic E-state index is 0.0718. The lowest BCUT2D eigenvalue weighted by atomic mass is 10.0. The van der Waals surface area contributed by atoms with Gasteiger partial charge in [0, 0.05) is 23.7 Å². The molecule has 2 N–H and O–H groups in total. The van der Waals surface area contributed by atoms with Crippen molar-refractivity contribution in [3.63, 3.8) is 0 Å². The molecule has 3 rings (SSSR count). The summed E-state index contributed by atoms with van der Waals surface area (Å²) in [6, 6.07) is 12.5. The van der Waals surface area contributed by atoms with Gasteiger partial charge in [0.25, 0.3) is 0 Å². The van der Waals surface area contributed by atoms with Gasteiger partial charge in [0.05, 0.1) is 19.2 Å². The molecule has 0 saturated carbocycles. The fourth-order valence-electron chi connectivity index (χ4n) is 3.66. The van der Waals surface area contributed by atoms with Crippen molar-refractivity contribution in [2.75, 3.05) is 20.3 Å². The van der Waals surface area contributed by atoms with E-state index in [0.29, 0.717) is 23.1 Å². The van der Waals surface area contributed by atoms with Crippen molar-refractivity contribution in [2.24, 2.45) is 0 Å². The fourth-order valence-corrected chi connectivity index (χ4v) is 3.66. The van der Waals surface area contributed by atoms with E-state index in [4.69, 9.17) is 9.84 Å². The monoisotopic (exact) mass is 408 g/mol. The number of hydrogen-bond acceptors (Lipinski definition) is 4. The molecule has 0 aliphatic carbocycles. The van der Waals surface area contributed by atoms with Crippen LogP contribution in [0.5, 0.6) is 5.75 Å². The Labute approximate surface area is 176 Å². The maximum absolute atomic E-state index is 13.3. The molecule has 30 heavy (non-hydrogen) atoms. The van der Waals surface area contributed by atoms with Gasteiger partial charge in [-0.1, -0.05) is 31.5 Å². The van der Waals surface area contributed by atoms with Crippen LogP contribution < -0.4 is 15.5 Å². The van der Waals surface area contributed by atoms with E-state index in [1.807, 2.05) is 60.9 Å². The summed E-state index contributed by atoms with van der Waals surface area (Å²) in [6.07, 6.45) is 3.20. The molecule has 6 heteroatoms. The SMILES string of the molecule is CCCC(C(=O)NCCO)n1cc(-c2ccc(OC)cc2)c(=O)c2ccc(C)cc21. The Hall–Kier alpha value is -3.12. The number of nitrogens with zero attached hydrogens (tertiary/aromatic N) is 1. The van der Waals surface area contributed by atoms with Gasteiger partial charge in [-0.05, 0) is 48.7 Å². The maximum Gasteiger partial charge on any atom is 0.243 e. The van der Waals surface area contributed by atoms with Gasteiger partial charge >= 0.3 is 0 Å².